The van der Waals surface area contributed by atoms with E-state index in [9.17, 15) is 9.90 Å². The van der Waals surface area contributed by atoms with Gasteiger partial charge in [-0.1, -0.05) is 45.7 Å². The maximum Gasteiger partial charge on any atom is 0.303 e. The molecule has 0 aromatic heterocycles. The molecule has 2 fully saturated rings. The lowest BCUT2D eigenvalue weighted by Crippen LogP contribution is -2.47. The van der Waals surface area contributed by atoms with Gasteiger partial charge in [0.2, 0.25) is 0 Å². The Bertz CT molecular complexity index is 344. The lowest BCUT2D eigenvalue weighted by atomic mass is 9.62. The molecule has 0 radical (unpaired) electrons. The minimum absolute atomic E-state index is 0.00796. The number of hydrogen-bond donors (Lipinski definition) is 2. The highest BCUT2D eigenvalue weighted by Gasteiger charge is 2.74. The SMILES string of the molecule is CC1(C)[C@H](O)[C@@]2(Br)CC[C@@]1(CC(=O)O)[C@@H]2Br. The zero-order valence-electron chi connectivity index (χ0n) is 9.33. The lowest BCUT2D eigenvalue weighted by molar-refractivity contribution is -0.143. The second-order valence-corrected chi connectivity index (χ2v) is 8.03. The first-order chi connectivity index (χ1) is 7.18. The van der Waals surface area contributed by atoms with Gasteiger partial charge in [-0.15, -0.1) is 0 Å². The number of aliphatic hydroxyl groups is 1. The van der Waals surface area contributed by atoms with E-state index in [4.69, 9.17) is 5.11 Å². The highest BCUT2D eigenvalue weighted by molar-refractivity contribution is 9.12. The first-order valence-corrected chi connectivity index (χ1v) is 7.12. The molecule has 0 aromatic carbocycles. The smallest absolute Gasteiger partial charge is 0.303 e. The van der Waals surface area contributed by atoms with Crippen LogP contribution in [0.2, 0.25) is 0 Å². The summed E-state index contributed by atoms with van der Waals surface area (Å²) in [6, 6.07) is 0. The molecule has 2 bridgehead atoms. The minimum atomic E-state index is -0.789. The highest BCUT2D eigenvalue weighted by atomic mass is 79.9. The fourth-order valence-electron chi connectivity index (χ4n) is 3.60. The molecular formula is C11H16Br2O3. The number of carbonyl (C=O) groups is 1. The van der Waals surface area contributed by atoms with Gasteiger partial charge in [0.1, 0.15) is 0 Å². The molecule has 2 saturated carbocycles. The molecule has 0 heterocycles. The first-order valence-electron chi connectivity index (χ1n) is 5.41. The molecule has 16 heavy (non-hydrogen) atoms. The fraction of sp³-hybridized carbons (Fsp3) is 0.909. The van der Waals surface area contributed by atoms with Crippen LogP contribution < -0.4 is 0 Å². The number of alkyl halides is 2. The van der Waals surface area contributed by atoms with Crippen molar-refractivity contribution in [3.8, 4) is 0 Å². The Balaban J connectivity index is 2.48. The third-order valence-corrected chi connectivity index (χ3v) is 8.34. The van der Waals surface area contributed by atoms with Crippen LogP contribution in [0, 0.1) is 10.8 Å². The highest BCUT2D eigenvalue weighted by Crippen LogP contribution is 2.72. The van der Waals surface area contributed by atoms with Crippen molar-refractivity contribution in [1.29, 1.82) is 0 Å². The summed E-state index contributed by atoms with van der Waals surface area (Å²) >= 11 is 7.25. The van der Waals surface area contributed by atoms with Crippen molar-refractivity contribution < 1.29 is 15.0 Å². The van der Waals surface area contributed by atoms with Gasteiger partial charge in [-0.2, -0.15) is 0 Å². The second kappa shape index (κ2) is 3.45. The standard InChI is InChI=1S/C11H16Br2O3/c1-9(2)8(16)11(13)4-3-10(9,7(11)12)5-6(14)15/h7-8,16H,3-5H2,1-2H3,(H,14,15)/t7-,8-,10+,11+/m0/s1. The van der Waals surface area contributed by atoms with Crippen LogP contribution in [0.1, 0.15) is 33.1 Å². The summed E-state index contributed by atoms with van der Waals surface area (Å²) in [6.45, 7) is 3.94. The van der Waals surface area contributed by atoms with Crippen LogP contribution in [0.4, 0.5) is 0 Å². The Morgan fingerprint density at radius 1 is 1.44 bits per heavy atom. The zero-order valence-corrected chi connectivity index (χ0v) is 12.5. The number of aliphatic carboxylic acids is 1. The molecule has 2 rings (SSSR count). The van der Waals surface area contributed by atoms with Gasteiger partial charge in [0.15, 0.2) is 0 Å². The molecule has 92 valence electrons. The van der Waals surface area contributed by atoms with Gasteiger partial charge in [0, 0.05) is 10.2 Å². The molecule has 0 unspecified atom stereocenters. The summed E-state index contributed by atoms with van der Waals surface area (Å²) in [7, 11) is 0. The molecule has 2 aliphatic carbocycles. The average molecular weight is 356 g/mol. The minimum Gasteiger partial charge on any atom is -0.481 e. The van der Waals surface area contributed by atoms with Crippen LogP contribution in [-0.4, -0.2) is 31.4 Å². The van der Waals surface area contributed by atoms with E-state index in [1.54, 1.807) is 0 Å². The van der Waals surface area contributed by atoms with Crippen molar-refractivity contribution in [2.24, 2.45) is 10.8 Å². The van der Waals surface area contributed by atoms with E-state index in [1.807, 2.05) is 13.8 Å². The van der Waals surface area contributed by atoms with E-state index in [2.05, 4.69) is 31.9 Å². The van der Waals surface area contributed by atoms with Crippen LogP contribution in [0.25, 0.3) is 0 Å². The maximum absolute atomic E-state index is 11.1. The molecule has 3 nitrogen and oxygen atoms in total. The van der Waals surface area contributed by atoms with E-state index in [0.29, 0.717) is 0 Å². The molecule has 2 N–H and O–H groups in total. The average Bonchev–Trinajstić information content (AvgIpc) is 2.46. The quantitative estimate of drug-likeness (QED) is 0.748. The van der Waals surface area contributed by atoms with Crippen molar-refractivity contribution in [3.05, 3.63) is 0 Å². The van der Waals surface area contributed by atoms with E-state index < -0.39 is 12.1 Å². The zero-order chi connectivity index (χ0) is 12.4. The molecule has 5 heteroatoms. The molecule has 0 amide bonds. The third-order valence-electron chi connectivity index (χ3n) is 4.75. The molecular weight excluding hydrogens is 340 g/mol. The van der Waals surface area contributed by atoms with Crippen LogP contribution in [-0.2, 0) is 4.79 Å². The number of hydrogen-bond acceptors (Lipinski definition) is 2. The summed E-state index contributed by atoms with van der Waals surface area (Å²) in [4.78, 5) is 11.1. The van der Waals surface area contributed by atoms with Crippen molar-refractivity contribution >= 4 is 37.8 Å². The van der Waals surface area contributed by atoms with Gasteiger partial charge in [0.05, 0.1) is 16.8 Å². The first kappa shape index (κ1) is 12.8. The molecule has 0 saturated heterocycles. The third kappa shape index (κ3) is 1.25. The molecule has 0 aliphatic heterocycles. The van der Waals surface area contributed by atoms with Crippen molar-refractivity contribution in [2.45, 2.75) is 48.4 Å². The summed E-state index contributed by atoms with van der Waals surface area (Å²) in [5, 5.41) is 19.5. The van der Waals surface area contributed by atoms with Gasteiger partial charge in [-0.3, -0.25) is 4.79 Å². The summed E-state index contributed by atoms with van der Waals surface area (Å²) < 4.78 is -0.369. The van der Waals surface area contributed by atoms with Crippen LogP contribution in [0.3, 0.4) is 0 Å². The number of carboxylic acid groups (broad SMARTS) is 1. The number of halogens is 2. The summed E-state index contributed by atoms with van der Waals surface area (Å²) in [5.41, 5.74) is -0.747. The number of fused-ring (bicyclic) bond motifs is 2. The van der Waals surface area contributed by atoms with Crippen molar-refractivity contribution in [3.63, 3.8) is 0 Å². The monoisotopic (exact) mass is 354 g/mol. The van der Waals surface area contributed by atoms with Crippen molar-refractivity contribution in [1.82, 2.24) is 0 Å². The van der Waals surface area contributed by atoms with Crippen LogP contribution in [0.15, 0.2) is 0 Å². The predicted molar refractivity (Wildman–Crippen MR) is 68.1 cm³/mol. The topological polar surface area (TPSA) is 57.5 Å². The Labute approximate surface area is 112 Å². The van der Waals surface area contributed by atoms with Crippen LogP contribution in [0.5, 0.6) is 0 Å². The number of carboxylic acids is 1. The Hall–Kier alpha value is 0.390. The van der Waals surface area contributed by atoms with Crippen molar-refractivity contribution in [2.75, 3.05) is 0 Å². The van der Waals surface area contributed by atoms with Gasteiger partial charge in [-0.25, -0.2) is 0 Å². The molecule has 2 aliphatic rings. The Morgan fingerprint density at radius 3 is 2.38 bits per heavy atom. The van der Waals surface area contributed by atoms with Gasteiger partial charge < -0.3 is 10.2 Å². The normalized spacial score (nSPS) is 49.6. The van der Waals surface area contributed by atoms with Crippen LogP contribution >= 0.6 is 31.9 Å². The van der Waals surface area contributed by atoms with Gasteiger partial charge in [0.25, 0.3) is 0 Å². The molecule has 0 spiro atoms. The number of rotatable bonds is 2. The second-order valence-electron chi connectivity index (χ2n) is 5.64. The van der Waals surface area contributed by atoms with E-state index in [0.717, 1.165) is 12.8 Å². The van der Waals surface area contributed by atoms with Gasteiger partial charge >= 0.3 is 5.97 Å². The molecule has 0 aromatic rings. The summed E-state index contributed by atoms with van der Waals surface area (Å²) in [5.74, 6) is -0.789. The fourth-order valence-corrected chi connectivity index (χ4v) is 6.27. The van der Waals surface area contributed by atoms with Gasteiger partial charge in [-0.05, 0) is 18.3 Å². The molecule has 4 atom stereocenters. The van der Waals surface area contributed by atoms with E-state index in [1.165, 1.54) is 0 Å². The predicted octanol–water partition coefficient (Wildman–Crippen LogP) is 2.54. The maximum atomic E-state index is 11.1. The largest absolute Gasteiger partial charge is 0.481 e. The number of aliphatic hydroxyl groups excluding tert-OH is 1. The van der Waals surface area contributed by atoms with E-state index in [-0.39, 0.29) is 26.4 Å². The summed E-state index contributed by atoms with van der Waals surface area (Å²) in [6.07, 6.45) is 1.25. The lowest BCUT2D eigenvalue weighted by Gasteiger charge is -2.45. The Morgan fingerprint density at radius 2 is 2.00 bits per heavy atom. The van der Waals surface area contributed by atoms with E-state index >= 15 is 0 Å². The Kier molecular flexibility index (Phi) is 2.77.